The molecule has 0 unspecified atom stereocenters. The highest BCUT2D eigenvalue weighted by Crippen LogP contribution is 2.05. The lowest BCUT2D eigenvalue weighted by atomic mass is 10.5. The maximum Gasteiger partial charge on any atom is 0.150 e. The van der Waals surface area contributed by atoms with E-state index < -0.39 is 0 Å². The summed E-state index contributed by atoms with van der Waals surface area (Å²) in [5.41, 5.74) is 0. The zero-order valence-electron chi connectivity index (χ0n) is 7.64. The summed E-state index contributed by atoms with van der Waals surface area (Å²) in [6.45, 7) is 1.79. The van der Waals surface area contributed by atoms with Crippen molar-refractivity contribution in [3.63, 3.8) is 0 Å². The van der Waals surface area contributed by atoms with Crippen LogP contribution in [0, 0.1) is 0 Å². The summed E-state index contributed by atoms with van der Waals surface area (Å²) in [7, 11) is 0. The first-order valence-corrected chi connectivity index (χ1v) is 4.38. The number of nitrogens with zero attached hydrogens (tertiary/aromatic N) is 2. The fraction of sp³-hybridized carbons (Fsp3) is 0.333. The molecule has 1 aliphatic heterocycles. The van der Waals surface area contributed by atoms with Gasteiger partial charge >= 0.3 is 0 Å². The molecule has 0 radical (unpaired) electrons. The normalized spacial score (nSPS) is 15.0. The average molecular weight is 193 g/mol. The van der Waals surface area contributed by atoms with Crippen LogP contribution in [-0.2, 0) is 9.47 Å². The van der Waals surface area contributed by atoms with Crippen molar-refractivity contribution in [3.8, 4) is 0 Å². The lowest BCUT2D eigenvalue weighted by Crippen LogP contribution is -2.15. The SMILES string of the molecule is C1=C(CNc2cnccn2)OCCO1. The molecule has 0 bridgehead atoms. The summed E-state index contributed by atoms with van der Waals surface area (Å²) in [5.74, 6) is 1.50. The fourth-order valence-corrected chi connectivity index (χ4v) is 1.07. The van der Waals surface area contributed by atoms with Crippen molar-refractivity contribution in [2.75, 3.05) is 25.1 Å². The summed E-state index contributed by atoms with van der Waals surface area (Å²) in [5, 5.41) is 3.07. The van der Waals surface area contributed by atoms with Crippen molar-refractivity contribution in [2.24, 2.45) is 0 Å². The predicted octanol–water partition coefficient (Wildman–Crippen LogP) is 0.777. The molecule has 0 saturated carbocycles. The van der Waals surface area contributed by atoms with Crippen LogP contribution in [0.2, 0.25) is 0 Å². The smallest absolute Gasteiger partial charge is 0.150 e. The largest absolute Gasteiger partial charge is 0.494 e. The van der Waals surface area contributed by atoms with Gasteiger partial charge in [0.1, 0.15) is 31.1 Å². The first kappa shape index (κ1) is 8.80. The molecule has 5 heteroatoms. The summed E-state index contributed by atoms with van der Waals surface area (Å²) in [6.07, 6.45) is 6.54. The third kappa shape index (κ3) is 2.35. The second-order valence-electron chi connectivity index (χ2n) is 2.75. The molecule has 2 rings (SSSR count). The van der Waals surface area contributed by atoms with E-state index in [2.05, 4.69) is 15.3 Å². The Morgan fingerprint density at radius 3 is 3.07 bits per heavy atom. The number of hydrogen-bond donors (Lipinski definition) is 1. The monoisotopic (exact) mass is 193 g/mol. The third-order valence-electron chi connectivity index (χ3n) is 1.71. The Morgan fingerprint density at radius 1 is 1.36 bits per heavy atom. The predicted molar refractivity (Wildman–Crippen MR) is 50.5 cm³/mol. The Labute approximate surface area is 81.8 Å². The summed E-state index contributed by atoms with van der Waals surface area (Å²) >= 11 is 0. The molecule has 0 fully saturated rings. The molecule has 0 saturated heterocycles. The topological polar surface area (TPSA) is 56.3 Å². The first-order valence-electron chi connectivity index (χ1n) is 4.38. The van der Waals surface area contributed by atoms with Gasteiger partial charge in [-0.3, -0.25) is 4.98 Å². The van der Waals surface area contributed by atoms with Crippen LogP contribution < -0.4 is 5.32 Å². The molecule has 0 spiro atoms. The molecule has 14 heavy (non-hydrogen) atoms. The van der Waals surface area contributed by atoms with E-state index in [0.717, 1.165) is 11.6 Å². The standard InChI is InChI=1S/C9H11N3O2/c1-2-11-9(6-10-1)12-5-8-7-13-3-4-14-8/h1-2,6-7H,3-5H2,(H,11,12). The Hall–Kier alpha value is -1.78. The van der Waals surface area contributed by atoms with Crippen LogP contribution in [0.25, 0.3) is 0 Å². The highest BCUT2D eigenvalue weighted by Gasteiger charge is 2.04. The van der Waals surface area contributed by atoms with Crippen LogP contribution in [0.15, 0.2) is 30.6 Å². The maximum atomic E-state index is 5.33. The van der Waals surface area contributed by atoms with Gasteiger partial charge in [0.2, 0.25) is 0 Å². The molecule has 1 aromatic heterocycles. The number of ether oxygens (including phenoxy) is 2. The molecule has 1 aromatic rings. The number of anilines is 1. The van der Waals surface area contributed by atoms with E-state index in [4.69, 9.17) is 9.47 Å². The molecular formula is C9H11N3O2. The van der Waals surface area contributed by atoms with E-state index in [1.54, 1.807) is 24.9 Å². The van der Waals surface area contributed by atoms with Crippen molar-refractivity contribution in [3.05, 3.63) is 30.6 Å². The van der Waals surface area contributed by atoms with E-state index in [1.807, 2.05) is 0 Å². The van der Waals surface area contributed by atoms with Gasteiger partial charge in [-0.25, -0.2) is 4.98 Å². The van der Waals surface area contributed by atoms with E-state index in [1.165, 1.54) is 0 Å². The van der Waals surface area contributed by atoms with E-state index >= 15 is 0 Å². The molecule has 0 amide bonds. The molecule has 5 nitrogen and oxygen atoms in total. The van der Waals surface area contributed by atoms with Crippen molar-refractivity contribution in [1.29, 1.82) is 0 Å². The number of aromatic nitrogens is 2. The Bertz CT molecular complexity index is 313. The van der Waals surface area contributed by atoms with Crippen molar-refractivity contribution < 1.29 is 9.47 Å². The molecule has 2 heterocycles. The van der Waals surface area contributed by atoms with Gasteiger partial charge < -0.3 is 14.8 Å². The Balaban J connectivity index is 1.85. The molecule has 1 N–H and O–H groups in total. The van der Waals surface area contributed by atoms with Gasteiger partial charge in [0.15, 0.2) is 0 Å². The quantitative estimate of drug-likeness (QED) is 0.768. The zero-order chi connectivity index (χ0) is 9.64. The lowest BCUT2D eigenvalue weighted by molar-refractivity contribution is 0.0843. The van der Waals surface area contributed by atoms with Crippen LogP contribution in [0.3, 0.4) is 0 Å². The van der Waals surface area contributed by atoms with Gasteiger partial charge in [-0.05, 0) is 0 Å². The molecular weight excluding hydrogens is 182 g/mol. The number of hydrogen-bond acceptors (Lipinski definition) is 5. The van der Waals surface area contributed by atoms with Crippen molar-refractivity contribution in [2.45, 2.75) is 0 Å². The summed E-state index contributed by atoms with van der Waals surface area (Å²) in [4.78, 5) is 8.00. The van der Waals surface area contributed by atoms with Gasteiger partial charge in [-0.1, -0.05) is 0 Å². The van der Waals surface area contributed by atoms with Gasteiger partial charge in [0, 0.05) is 12.4 Å². The van der Waals surface area contributed by atoms with E-state index in [0.29, 0.717) is 19.8 Å². The van der Waals surface area contributed by atoms with Gasteiger partial charge in [0.05, 0.1) is 12.7 Å². The summed E-state index contributed by atoms with van der Waals surface area (Å²) in [6, 6.07) is 0. The van der Waals surface area contributed by atoms with Gasteiger partial charge in [-0.15, -0.1) is 0 Å². The van der Waals surface area contributed by atoms with Crippen LogP contribution in [0.5, 0.6) is 0 Å². The lowest BCUT2D eigenvalue weighted by Gasteiger charge is -2.15. The number of nitrogens with one attached hydrogen (secondary N) is 1. The zero-order valence-corrected chi connectivity index (χ0v) is 7.64. The minimum atomic E-state index is 0.568. The second-order valence-corrected chi connectivity index (χ2v) is 2.75. The molecule has 0 aliphatic carbocycles. The molecule has 0 atom stereocenters. The maximum absolute atomic E-state index is 5.33. The van der Waals surface area contributed by atoms with Crippen molar-refractivity contribution in [1.82, 2.24) is 9.97 Å². The van der Waals surface area contributed by atoms with Crippen molar-refractivity contribution >= 4 is 5.82 Å². The minimum absolute atomic E-state index is 0.568. The second kappa shape index (κ2) is 4.45. The molecule has 74 valence electrons. The Morgan fingerprint density at radius 2 is 2.36 bits per heavy atom. The van der Waals surface area contributed by atoms with Crippen LogP contribution in [0.1, 0.15) is 0 Å². The third-order valence-corrected chi connectivity index (χ3v) is 1.71. The number of rotatable bonds is 3. The highest BCUT2D eigenvalue weighted by molar-refractivity contribution is 5.31. The first-order chi connectivity index (χ1) is 6.95. The highest BCUT2D eigenvalue weighted by atomic mass is 16.6. The molecule has 0 aromatic carbocycles. The van der Waals surface area contributed by atoms with Gasteiger partial charge in [-0.2, -0.15) is 0 Å². The van der Waals surface area contributed by atoms with Crippen LogP contribution >= 0.6 is 0 Å². The van der Waals surface area contributed by atoms with Crippen LogP contribution in [0.4, 0.5) is 5.82 Å². The average Bonchev–Trinajstić information content (AvgIpc) is 2.29. The molecule has 1 aliphatic rings. The fourth-order valence-electron chi connectivity index (χ4n) is 1.07. The van der Waals surface area contributed by atoms with E-state index in [9.17, 15) is 0 Å². The summed E-state index contributed by atoms with van der Waals surface area (Å²) < 4.78 is 10.4. The van der Waals surface area contributed by atoms with Gasteiger partial charge in [0.25, 0.3) is 0 Å². The minimum Gasteiger partial charge on any atom is -0.494 e. The van der Waals surface area contributed by atoms with Crippen LogP contribution in [-0.4, -0.2) is 29.7 Å². The Kier molecular flexibility index (Phi) is 2.80. The van der Waals surface area contributed by atoms with E-state index in [-0.39, 0.29) is 0 Å².